The van der Waals surface area contributed by atoms with E-state index in [1.807, 2.05) is 4.90 Å². The van der Waals surface area contributed by atoms with E-state index in [1.54, 1.807) is 11.0 Å². The number of nitrogens with zero attached hydrogens (tertiary/aromatic N) is 5. The number of hydrogen-bond donors (Lipinski definition) is 2. The van der Waals surface area contributed by atoms with Crippen molar-refractivity contribution in [3.63, 3.8) is 0 Å². The third-order valence-corrected chi connectivity index (χ3v) is 5.71. The molecule has 0 atom stereocenters. The van der Waals surface area contributed by atoms with Crippen LogP contribution in [0.2, 0.25) is 0 Å². The van der Waals surface area contributed by atoms with Gasteiger partial charge in [0.2, 0.25) is 11.9 Å². The van der Waals surface area contributed by atoms with Crippen molar-refractivity contribution in [3.05, 3.63) is 34.3 Å². The summed E-state index contributed by atoms with van der Waals surface area (Å²) in [5.41, 5.74) is 7.16. The standard InChI is InChI=1S/C17H23N7O2/c18-16-21-14-12(15(26)22-16)3-4-17(14)5-8-23(9-6-17)13(25)2-1-7-24-11-19-10-20-24/h10-11H,1-9H2,(H3,18,21,22,26). The molecule has 2 aromatic rings. The highest BCUT2D eigenvalue weighted by Gasteiger charge is 2.44. The third kappa shape index (κ3) is 2.97. The van der Waals surface area contributed by atoms with Crippen LogP contribution in [0.25, 0.3) is 0 Å². The Balaban J connectivity index is 1.36. The van der Waals surface area contributed by atoms with Gasteiger partial charge in [0.15, 0.2) is 0 Å². The number of carbonyl (C=O) groups is 1. The lowest BCUT2D eigenvalue weighted by molar-refractivity contribution is -0.133. The first kappa shape index (κ1) is 16.7. The van der Waals surface area contributed by atoms with Crippen molar-refractivity contribution in [2.75, 3.05) is 18.8 Å². The van der Waals surface area contributed by atoms with Crippen molar-refractivity contribution in [2.45, 2.75) is 50.5 Å². The number of carbonyl (C=O) groups excluding carboxylic acids is 1. The van der Waals surface area contributed by atoms with Gasteiger partial charge in [0.25, 0.3) is 5.56 Å². The summed E-state index contributed by atoms with van der Waals surface area (Å²) in [4.78, 5) is 37.4. The number of rotatable bonds is 4. The Morgan fingerprint density at radius 3 is 2.85 bits per heavy atom. The predicted octanol–water partition coefficient (Wildman–Crippen LogP) is 0.230. The number of fused-ring (bicyclic) bond motifs is 2. The summed E-state index contributed by atoms with van der Waals surface area (Å²) in [6.45, 7) is 2.11. The molecule has 1 spiro atoms. The first-order valence-electron chi connectivity index (χ1n) is 9.07. The number of aromatic amines is 1. The van der Waals surface area contributed by atoms with Crippen molar-refractivity contribution < 1.29 is 4.79 Å². The fraction of sp³-hybridized carbons (Fsp3) is 0.588. The minimum absolute atomic E-state index is 0.102. The van der Waals surface area contributed by atoms with Gasteiger partial charge >= 0.3 is 0 Å². The number of likely N-dealkylation sites (tertiary alicyclic amines) is 1. The molecule has 0 radical (unpaired) electrons. The molecule has 2 aromatic heterocycles. The molecule has 2 aliphatic rings. The van der Waals surface area contributed by atoms with Crippen LogP contribution in [-0.4, -0.2) is 48.6 Å². The zero-order chi connectivity index (χ0) is 18.1. The number of nitrogen functional groups attached to an aromatic ring is 1. The lowest BCUT2D eigenvalue weighted by Crippen LogP contribution is -2.44. The van der Waals surface area contributed by atoms with Crippen molar-refractivity contribution in [1.82, 2.24) is 29.6 Å². The number of anilines is 1. The third-order valence-electron chi connectivity index (χ3n) is 5.71. The summed E-state index contributed by atoms with van der Waals surface area (Å²) >= 11 is 0. The summed E-state index contributed by atoms with van der Waals surface area (Å²) in [6.07, 6.45) is 7.74. The average Bonchev–Trinajstić information content (AvgIpc) is 3.25. The molecule has 0 bridgehead atoms. The molecule has 0 aromatic carbocycles. The number of aromatic nitrogens is 5. The number of hydrogen-bond acceptors (Lipinski definition) is 6. The van der Waals surface area contributed by atoms with Crippen LogP contribution in [0.1, 0.15) is 43.4 Å². The smallest absolute Gasteiger partial charge is 0.255 e. The molecule has 1 aliphatic heterocycles. The van der Waals surface area contributed by atoms with E-state index < -0.39 is 0 Å². The molecule has 1 aliphatic carbocycles. The number of nitrogens with one attached hydrogen (secondary N) is 1. The monoisotopic (exact) mass is 357 g/mol. The van der Waals surface area contributed by atoms with Gasteiger partial charge in [-0.05, 0) is 32.1 Å². The number of H-pyrrole nitrogens is 1. The molecule has 1 amide bonds. The molecule has 4 rings (SSSR count). The summed E-state index contributed by atoms with van der Waals surface area (Å²) in [5, 5.41) is 4.04. The van der Waals surface area contributed by atoms with E-state index in [2.05, 4.69) is 20.1 Å². The van der Waals surface area contributed by atoms with Crippen LogP contribution in [0, 0.1) is 0 Å². The van der Waals surface area contributed by atoms with Crippen LogP contribution in [-0.2, 0) is 23.2 Å². The van der Waals surface area contributed by atoms with Crippen LogP contribution >= 0.6 is 0 Å². The van der Waals surface area contributed by atoms with Crippen LogP contribution in [0.4, 0.5) is 5.95 Å². The Labute approximate surface area is 150 Å². The maximum atomic E-state index is 12.5. The molecule has 3 N–H and O–H groups in total. The Bertz CT molecular complexity index is 850. The molecule has 9 heteroatoms. The first-order valence-corrected chi connectivity index (χ1v) is 9.07. The molecule has 9 nitrogen and oxygen atoms in total. The topological polar surface area (TPSA) is 123 Å². The Hall–Kier alpha value is -2.71. The van der Waals surface area contributed by atoms with Gasteiger partial charge in [-0.15, -0.1) is 0 Å². The molecular weight excluding hydrogens is 334 g/mol. The highest BCUT2D eigenvalue weighted by molar-refractivity contribution is 5.76. The van der Waals surface area contributed by atoms with Crippen molar-refractivity contribution in [3.8, 4) is 0 Å². The van der Waals surface area contributed by atoms with Crippen molar-refractivity contribution >= 4 is 11.9 Å². The lowest BCUT2D eigenvalue weighted by Gasteiger charge is -2.39. The molecule has 0 unspecified atom stereocenters. The molecule has 3 heterocycles. The quantitative estimate of drug-likeness (QED) is 0.807. The largest absolute Gasteiger partial charge is 0.369 e. The van der Waals surface area contributed by atoms with E-state index in [4.69, 9.17) is 5.73 Å². The van der Waals surface area contributed by atoms with Crippen LogP contribution in [0.5, 0.6) is 0 Å². The molecule has 26 heavy (non-hydrogen) atoms. The van der Waals surface area contributed by atoms with Gasteiger partial charge in [-0.2, -0.15) is 5.10 Å². The minimum Gasteiger partial charge on any atom is -0.369 e. The zero-order valence-corrected chi connectivity index (χ0v) is 14.6. The molecule has 1 saturated heterocycles. The molecule has 138 valence electrons. The first-order chi connectivity index (χ1) is 12.6. The predicted molar refractivity (Wildman–Crippen MR) is 94.3 cm³/mol. The number of nitrogens with two attached hydrogens (primary N) is 1. The van der Waals surface area contributed by atoms with E-state index in [-0.39, 0.29) is 22.8 Å². The number of aryl methyl sites for hydroxylation is 1. The van der Waals surface area contributed by atoms with Gasteiger partial charge in [-0.1, -0.05) is 0 Å². The highest BCUT2D eigenvalue weighted by Crippen LogP contribution is 2.44. The number of amides is 1. The van der Waals surface area contributed by atoms with E-state index in [0.29, 0.717) is 26.1 Å². The minimum atomic E-state index is -0.115. The van der Waals surface area contributed by atoms with Gasteiger partial charge in [0.05, 0.1) is 5.69 Å². The molecule has 1 fully saturated rings. The van der Waals surface area contributed by atoms with Gasteiger partial charge in [0.1, 0.15) is 12.7 Å². The van der Waals surface area contributed by atoms with E-state index >= 15 is 0 Å². The zero-order valence-electron chi connectivity index (χ0n) is 14.6. The fourth-order valence-corrected chi connectivity index (χ4v) is 4.24. The SMILES string of the molecule is Nc1nc2c(c(=O)[nH]1)CCC21CCN(C(=O)CCCn2cncn2)CC1. The Kier molecular flexibility index (Phi) is 4.21. The van der Waals surface area contributed by atoms with Gasteiger partial charge in [-0.25, -0.2) is 9.97 Å². The van der Waals surface area contributed by atoms with Crippen molar-refractivity contribution in [2.24, 2.45) is 0 Å². The average molecular weight is 357 g/mol. The van der Waals surface area contributed by atoms with Crippen LogP contribution < -0.4 is 11.3 Å². The Morgan fingerprint density at radius 2 is 2.12 bits per heavy atom. The summed E-state index contributed by atoms with van der Waals surface area (Å²) in [5.74, 6) is 0.359. The number of piperidine rings is 1. The van der Waals surface area contributed by atoms with Gasteiger partial charge in [0, 0.05) is 37.0 Å². The van der Waals surface area contributed by atoms with Crippen molar-refractivity contribution in [1.29, 1.82) is 0 Å². The fourth-order valence-electron chi connectivity index (χ4n) is 4.24. The highest BCUT2D eigenvalue weighted by atomic mass is 16.2. The van der Waals surface area contributed by atoms with Crippen LogP contribution in [0.15, 0.2) is 17.4 Å². The Morgan fingerprint density at radius 1 is 1.31 bits per heavy atom. The van der Waals surface area contributed by atoms with E-state index in [9.17, 15) is 9.59 Å². The molecule has 0 saturated carbocycles. The van der Waals surface area contributed by atoms with Crippen LogP contribution in [0.3, 0.4) is 0 Å². The second kappa shape index (κ2) is 6.54. The van der Waals surface area contributed by atoms with E-state index in [1.165, 1.54) is 6.33 Å². The summed E-state index contributed by atoms with van der Waals surface area (Å²) in [6, 6.07) is 0. The second-order valence-electron chi connectivity index (χ2n) is 7.20. The van der Waals surface area contributed by atoms with Gasteiger partial charge < -0.3 is 10.6 Å². The normalized spacial score (nSPS) is 18.2. The molecular formula is C17H23N7O2. The lowest BCUT2D eigenvalue weighted by atomic mass is 9.76. The maximum absolute atomic E-state index is 12.5. The summed E-state index contributed by atoms with van der Waals surface area (Å²) < 4.78 is 1.74. The summed E-state index contributed by atoms with van der Waals surface area (Å²) in [7, 11) is 0. The van der Waals surface area contributed by atoms with E-state index in [0.717, 1.165) is 43.4 Å². The van der Waals surface area contributed by atoms with Gasteiger partial charge in [-0.3, -0.25) is 19.3 Å². The maximum Gasteiger partial charge on any atom is 0.255 e. The second-order valence-corrected chi connectivity index (χ2v) is 7.20.